The van der Waals surface area contributed by atoms with Crippen molar-refractivity contribution in [2.24, 2.45) is 0 Å². The fraction of sp³-hybridized carbons (Fsp3) is 0.111. The number of para-hydroxylation sites is 1. The van der Waals surface area contributed by atoms with E-state index in [-0.39, 0.29) is 17.1 Å². The molecule has 0 aromatic heterocycles. The predicted octanol–water partition coefficient (Wildman–Crippen LogP) is 4.76. The summed E-state index contributed by atoms with van der Waals surface area (Å²) >= 11 is 0. The fourth-order valence-corrected chi connectivity index (χ4v) is 1.83. The summed E-state index contributed by atoms with van der Waals surface area (Å²) in [6, 6.07) is 16.1. The van der Waals surface area contributed by atoms with Gasteiger partial charge in [0.15, 0.2) is 6.61 Å². The van der Waals surface area contributed by atoms with Crippen LogP contribution >= 0.6 is 0 Å². The Morgan fingerprint density at radius 1 is 1.00 bits per heavy atom. The van der Waals surface area contributed by atoms with E-state index in [0.29, 0.717) is 11.4 Å². The van der Waals surface area contributed by atoms with Crippen molar-refractivity contribution in [1.29, 1.82) is 10.5 Å². The summed E-state index contributed by atoms with van der Waals surface area (Å²) in [6.07, 6.45) is -3.35. The van der Waals surface area contributed by atoms with Crippen LogP contribution in [0.25, 0.3) is 0 Å². The summed E-state index contributed by atoms with van der Waals surface area (Å²) in [5, 5.41) is 20.1. The topological polar surface area (TPSA) is 78.1 Å². The number of benzene rings is 2. The van der Waals surface area contributed by atoms with Gasteiger partial charge in [-0.25, -0.2) is 0 Å². The molecule has 2 aromatic carbocycles. The zero-order valence-corrected chi connectivity index (χ0v) is 13.2. The minimum Gasteiger partial charge on any atom is -0.484 e. The minimum atomic E-state index is -4.49. The van der Waals surface area contributed by atoms with E-state index in [1.165, 1.54) is 18.2 Å². The van der Waals surface area contributed by atoms with Crippen LogP contribution in [-0.4, -0.2) is 12.8 Å². The third-order valence-corrected chi connectivity index (χ3v) is 2.89. The Labute approximate surface area is 147 Å². The second-order valence-corrected chi connectivity index (χ2v) is 4.94. The van der Waals surface area contributed by atoms with Crippen LogP contribution in [0, 0.1) is 22.7 Å². The summed E-state index contributed by atoms with van der Waals surface area (Å²) < 4.78 is 47.5. The highest BCUT2D eigenvalue weighted by molar-refractivity contribution is 5.57. The number of hydrogen-bond acceptors (Lipinski definition) is 5. The molecule has 0 fully saturated rings. The van der Waals surface area contributed by atoms with Crippen LogP contribution in [0.2, 0.25) is 0 Å². The van der Waals surface area contributed by atoms with E-state index < -0.39 is 12.8 Å². The molecule has 5 nitrogen and oxygen atoms in total. The van der Waals surface area contributed by atoms with E-state index in [2.05, 4.69) is 5.32 Å². The maximum absolute atomic E-state index is 12.4. The lowest BCUT2D eigenvalue weighted by Crippen LogP contribution is -2.19. The van der Waals surface area contributed by atoms with Crippen molar-refractivity contribution in [3.05, 3.63) is 60.3 Å². The Morgan fingerprint density at radius 2 is 1.65 bits per heavy atom. The van der Waals surface area contributed by atoms with Gasteiger partial charge in [-0.15, -0.1) is 0 Å². The number of ether oxygens (including phenoxy) is 2. The molecule has 8 heteroatoms. The van der Waals surface area contributed by atoms with Gasteiger partial charge in [0.2, 0.25) is 0 Å². The van der Waals surface area contributed by atoms with Gasteiger partial charge < -0.3 is 14.8 Å². The van der Waals surface area contributed by atoms with Crippen LogP contribution < -0.4 is 14.8 Å². The molecule has 0 amide bonds. The summed E-state index contributed by atoms with van der Waals surface area (Å²) in [6.45, 7) is -1.46. The summed E-state index contributed by atoms with van der Waals surface area (Å²) in [7, 11) is 0. The molecule has 0 saturated carbocycles. The molecule has 2 aromatic rings. The standard InChI is InChI=1S/C18H12F3N3O2/c19-18(20,21)12-25-16-6-14(24-11-13(9-22)10-23)7-17(8-16)26-15-4-2-1-3-5-15/h1-8,11,24H,12H2. The Morgan fingerprint density at radius 3 is 2.27 bits per heavy atom. The van der Waals surface area contributed by atoms with Crippen molar-refractivity contribution in [1.82, 2.24) is 0 Å². The number of alkyl halides is 3. The van der Waals surface area contributed by atoms with Gasteiger partial charge >= 0.3 is 6.18 Å². The highest BCUT2D eigenvalue weighted by atomic mass is 19.4. The SMILES string of the molecule is N#CC(C#N)=CNc1cc(OCC(F)(F)F)cc(Oc2ccccc2)c1. The summed E-state index contributed by atoms with van der Waals surface area (Å²) in [4.78, 5) is 0. The van der Waals surface area contributed by atoms with E-state index in [1.54, 1.807) is 42.5 Å². The van der Waals surface area contributed by atoms with Crippen molar-refractivity contribution >= 4 is 5.69 Å². The summed E-state index contributed by atoms with van der Waals surface area (Å²) in [5.74, 6) is 0.626. The van der Waals surface area contributed by atoms with Crippen molar-refractivity contribution in [2.45, 2.75) is 6.18 Å². The molecule has 0 atom stereocenters. The average Bonchev–Trinajstić information content (AvgIpc) is 2.61. The summed E-state index contributed by atoms with van der Waals surface area (Å²) in [5.41, 5.74) is 0.0933. The highest BCUT2D eigenvalue weighted by Crippen LogP contribution is 2.31. The smallest absolute Gasteiger partial charge is 0.422 e. The molecule has 0 aliphatic rings. The van der Waals surface area contributed by atoms with Crippen molar-refractivity contribution < 1.29 is 22.6 Å². The first-order chi connectivity index (χ1) is 12.4. The van der Waals surface area contributed by atoms with Crippen LogP contribution in [0.1, 0.15) is 0 Å². The highest BCUT2D eigenvalue weighted by Gasteiger charge is 2.28. The number of anilines is 1. The number of nitriles is 2. The van der Waals surface area contributed by atoms with Crippen molar-refractivity contribution in [3.8, 4) is 29.4 Å². The second kappa shape index (κ2) is 8.45. The molecule has 0 spiro atoms. The number of halogens is 3. The zero-order valence-electron chi connectivity index (χ0n) is 13.2. The molecule has 0 radical (unpaired) electrons. The van der Waals surface area contributed by atoms with Crippen molar-refractivity contribution in [2.75, 3.05) is 11.9 Å². The zero-order chi connectivity index (χ0) is 19.0. The molecule has 132 valence electrons. The third kappa shape index (κ3) is 6.10. The Kier molecular flexibility index (Phi) is 6.07. The molecular weight excluding hydrogens is 347 g/mol. The van der Waals surface area contributed by atoms with E-state index in [9.17, 15) is 13.2 Å². The van der Waals surface area contributed by atoms with E-state index in [0.717, 1.165) is 6.20 Å². The molecular formula is C18H12F3N3O2. The van der Waals surface area contributed by atoms with Gasteiger partial charge in [-0.1, -0.05) is 18.2 Å². The molecule has 0 saturated heterocycles. The molecule has 0 unspecified atom stereocenters. The minimum absolute atomic E-state index is 0.0814. The average molecular weight is 359 g/mol. The maximum Gasteiger partial charge on any atom is 0.422 e. The van der Waals surface area contributed by atoms with Gasteiger partial charge in [0.25, 0.3) is 0 Å². The van der Waals surface area contributed by atoms with Crippen LogP contribution in [0.15, 0.2) is 60.3 Å². The molecule has 0 heterocycles. The van der Waals surface area contributed by atoms with Gasteiger partial charge in [0, 0.05) is 30.1 Å². The van der Waals surface area contributed by atoms with Crippen LogP contribution in [0.3, 0.4) is 0 Å². The van der Waals surface area contributed by atoms with Crippen LogP contribution in [0.4, 0.5) is 18.9 Å². The van der Waals surface area contributed by atoms with Crippen molar-refractivity contribution in [3.63, 3.8) is 0 Å². The Hall–Kier alpha value is -3.65. The normalized spacial score (nSPS) is 10.2. The first-order valence-corrected chi connectivity index (χ1v) is 7.24. The lowest BCUT2D eigenvalue weighted by Gasteiger charge is -2.13. The van der Waals surface area contributed by atoms with Crippen LogP contribution in [0.5, 0.6) is 17.2 Å². The largest absolute Gasteiger partial charge is 0.484 e. The first kappa shape index (κ1) is 18.7. The molecule has 0 aliphatic carbocycles. The number of rotatable bonds is 6. The third-order valence-electron chi connectivity index (χ3n) is 2.89. The fourth-order valence-electron chi connectivity index (χ4n) is 1.83. The molecule has 0 bridgehead atoms. The Bertz CT molecular complexity index is 850. The van der Waals surface area contributed by atoms with E-state index >= 15 is 0 Å². The van der Waals surface area contributed by atoms with Gasteiger partial charge in [-0.3, -0.25) is 0 Å². The maximum atomic E-state index is 12.4. The monoisotopic (exact) mass is 359 g/mol. The number of hydrogen-bond donors (Lipinski definition) is 1. The number of nitrogens with one attached hydrogen (secondary N) is 1. The van der Waals surface area contributed by atoms with Gasteiger partial charge in [0.1, 0.15) is 35.0 Å². The van der Waals surface area contributed by atoms with Gasteiger partial charge in [-0.2, -0.15) is 23.7 Å². The molecule has 2 rings (SSSR count). The number of nitrogens with zero attached hydrogens (tertiary/aromatic N) is 2. The van der Waals surface area contributed by atoms with Gasteiger partial charge in [-0.05, 0) is 12.1 Å². The second-order valence-electron chi connectivity index (χ2n) is 4.94. The van der Waals surface area contributed by atoms with E-state index in [1.807, 2.05) is 0 Å². The van der Waals surface area contributed by atoms with Gasteiger partial charge in [0.05, 0.1) is 0 Å². The Balaban J connectivity index is 2.28. The quantitative estimate of drug-likeness (QED) is 0.752. The lowest BCUT2D eigenvalue weighted by molar-refractivity contribution is -0.153. The first-order valence-electron chi connectivity index (χ1n) is 7.24. The van der Waals surface area contributed by atoms with Crippen LogP contribution in [-0.2, 0) is 0 Å². The number of allylic oxidation sites excluding steroid dienone is 1. The molecule has 1 N–H and O–H groups in total. The molecule has 0 aliphatic heterocycles. The lowest BCUT2D eigenvalue weighted by atomic mass is 10.2. The predicted molar refractivity (Wildman–Crippen MR) is 87.4 cm³/mol. The molecule has 26 heavy (non-hydrogen) atoms. The van der Waals surface area contributed by atoms with E-state index in [4.69, 9.17) is 20.0 Å².